The van der Waals surface area contributed by atoms with Crippen molar-refractivity contribution < 1.29 is 9.53 Å². The lowest BCUT2D eigenvalue weighted by molar-refractivity contribution is 0.216. The molecule has 1 aromatic carbocycles. The number of nitrogens with zero attached hydrogens (tertiary/aromatic N) is 1. The lowest BCUT2D eigenvalue weighted by Gasteiger charge is -2.18. The van der Waals surface area contributed by atoms with Crippen LogP contribution in [-0.4, -0.2) is 25.1 Å². The Balaban J connectivity index is 3.07. The summed E-state index contributed by atoms with van der Waals surface area (Å²) in [6.07, 6.45) is 0. The van der Waals surface area contributed by atoms with Crippen LogP contribution in [0.5, 0.6) is 5.75 Å². The summed E-state index contributed by atoms with van der Waals surface area (Å²) in [5.41, 5.74) is 8.38. The maximum atomic E-state index is 11.0. The molecule has 0 radical (unpaired) electrons. The SMILES string of the molecule is COc1c(C)cc(C)cc1CN(C)C(N)=O. The molecule has 0 aliphatic carbocycles. The van der Waals surface area contributed by atoms with Gasteiger partial charge in [-0.25, -0.2) is 4.79 Å². The molecule has 0 aromatic heterocycles. The molecule has 0 spiro atoms. The Morgan fingerprint density at radius 3 is 2.56 bits per heavy atom. The zero-order chi connectivity index (χ0) is 12.3. The number of carbonyl (C=O) groups is 1. The van der Waals surface area contributed by atoms with E-state index < -0.39 is 6.03 Å². The van der Waals surface area contributed by atoms with Crippen molar-refractivity contribution in [3.8, 4) is 5.75 Å². The molecular formula is C12H18N2O2. The molecule has 88 valence electrons. The van der Waals surface area contributed by atoms with Gasteiger partial charge in [-0.05, 0) is 19.4 Å². The summed E-state index contributed by atoms with van der Waals surface area (Å²) in [4.78, 5) is 12.4. The molecule has 0 aliphatic heterocycles. The zero-order valence-electron chi connectivity index (χ0n) is 10.2. The number of benzene rings is 1. The van der Waals surface area contributed by atoms with Crippen LogP contribution in [-0.2, 0) is 6.54 Å². The van der Waals surface area contributed by atoms with E-state index in [-0.39, 0.29) is 0 Å². The number of primary amides is 1. The van der Waals surface area contributed by atoms with Gasteiger partial charge in [0.1, 0.15) is 5.75 Å². The van der Waals surface area contributed by atoms with Crippen molar-refractivity contribution >= 4 is 6.03 Å². The Bertz CT molecular complexity index is 402. The van der Waals surface area contributed by atoms with Crippen LogP contribution in [0.3, 0.4) is 0 Å². The molecular weight excluding hydrogens is 204 g/mol. The van der Waals surface area contributed by atoms with Gasteiger partial charge in [0.2, 0.25) is 0 Å². The first-order chi connectivity index (χ1) is 7.45. The van der Waals surface area contributed by atoms with E-state index in [2.05, 4.69) is 0 Å². The van der Waals surface area contributed by atoms with E-state index in [0.717, 1.165) is 22.4 Å². The van der Waals surface area contributed by atoms with Crippen molar-refractivity contribution in [1.29, 1.82) is 0 Å². The van der Waals surface area contributed by atoms with Crippen LogP contribution in [0.2, 0.25) is 0 Å². The standard InChI is InChI=1S/C12H18N2O2/c1-8-5-9(2)11(16-4)10(6-8)7-14(3)12(13)15/h5-6H,7H2,1-4H3,(H2,13,15). The number of amides is 2. The Morgan fingerprint density at radius 1 is 1.44 bits per heavy atom. The van der Waals surface area contributed by atoms with Gasteiger partial charge in [0.05, 0.1) is 13.7 Å². The average Bonchev–Trinajstić information content (AvgIpc) is 2.16. The minimum absolute atomic E-state index is 0.443. The van der Waals surface area contributed by atoms with Crippen molar-refractivity contribution in [2.75, 3.05) is 14.2 Å². The second kappa shape index (κ2) is 4.88. The molecule has 0 unspecified atom stereocenters. The van der Waals surface area contributed by atoms with Crippen LogP contribution < -0.4 is 10.5 Å². The van der Waals surface area contributed by atoms with E-state index >= 15 is 0 Å². The fourth-order valence-electron chi connectivity index (χ4n) is 1.79. The van der Waals surface area contributed by atoms with Crippen LogP contribution in [0.15, 0.2) is 12.1 Å². The highest BCUT2D eigenvalue weighted by Crippen LogP contribution is 2.25. The molecule has 2 N–H and O–H groups in total. The lowest BCUT2D eigenvalue weighted by atomic mass is 10.1. The second-order valence-corrected chi connectivity index (χ2v) is 3.97. The number of rotatable bonds is 3. The number of hydrogen-bond donors (Lipinski definition) is 1. The molecule has 0 bridgehead atoms. The van der Waals surface area contributed by atoms with Gasteiger partial charge in [-0.1, -0.05) is 17.7 Å². The molecule has 0 atom stereocenters. The molecule has 1 aromatic rings. The summed E-state index contributed by atoms with van der Waals surface area (Å²) in [6, 6.07) is 3.61. The number of urea groups is 1. The smallest absolute Gasteiger partial charge is 0.314 e. The van der Waals surface area contributed by atoms with Crippen LogP contribution in [0.25, 0.3) is 0 Å². The van der Waals surface area contributed by atoms with E-state index in [1.165, 1.54) is 4.90 Å². The van der Waals surface area contributed by atoms with E-state index in [9.17, 15) is 4.79 Å². The van der Waals surface area contributed by atoms with Gasteiger partial charge in [0.25, 0.3) is 0 Å². The van der Waals surface area contributed by atoms with Crippen LogP contribution in [0.1, 0.15) is 16.7 Å². The fraction of sp³-hybridized carbons (Fsp3) is 0.417. The number of hydrogen-bond acceptors (Lipinski definition) is 2. The number of nitrogens with two attached hydrogens (primary N) is 1. The first kappa shape index (κ1) is 12.4. The van der Waals surface area contributed by atoms with Gasteiger partial charge in [-0.2, -0.15) is 0 Å². The molecule has 1 rings (SSSR count). The summed E-state index contributed by atoms with van der Waals surface area (Å²) in [5.74, 6) is 0.818. The summed E-state index contributed by atoms with van der Waals surface area (Å²) in [5, 5.41) is 0. The van der Waals surface area contributed by atoms with Gasteiger partial charge in [-0.15, -0.1) is 0 Å². The summed E-state index contributed by atoms with van der Waals surface area (Å²) in [7, 11) is 3.30. The highest BCUT2D eigenvalue weighted by atomic mass is 16.5. The molecule has 4 nitrogen and oxygen atoms in total. The highest BCUT2D eigenvalue weighted by molar-refractivity contribution is 5.71. The van der Waals surface area contributed by atoms with Crippen LogP contribution >= 0.6 is 0 Å². The monoisotopic (exact) mass is 222 g/mol. The van der Waals surface area contributed by atoms with Crippen molar-refractivity contribution in [1.82, 2.24) is 4.90 Å². The first-order valence-corrected chi connectivity index (χ1v) is 5.10. The lowest BCUT2D eigenvalue weighted by Crippen LogP contribution is -2.31. The van der Waals surface area contributed by atoms with E-state index in [1.807, 2.05) is 26.0 Å². The minimum Gasteiger partial charge on any atom is -0.496 e. The maximum Gasteiger partial charge on any atom is 0.314 e. The summed E-state index contributed by atoms with van der Waals surface area (Å²) >= 11 is 0. The molecule has 16 heavy (non-hydrogen) atoms. The summed E-state index contributed by atoms with van der Waals surface area (Å²) in [6.45, 7) is 4.46. The van der Waals surface area contributed by atoms with E-state index in [1.54, 1.807) is 14.2 Å². The van der Waals surface area contributed by atoms with Crippen molar-refractivity contribution in [3.05, 3.63) is 28.8 Å². The molecule has 0 heterocycles. The Labute approximate surface area is 96.0 Å². The average molecular weight is 222 g/mol. The quantitative estimate of drug-likeness (QED) is 0.848. The Morgan fingerprint density at radius 2 is 2.06 bits per heavy atom. The van der Waals surface area contributed by atoms with Gasteiger partial charge in [-0.3, -0.25) is 0 Å². The summed E-state index contributed by atoms with van der Waals surface area (Å²) < 4.78 is 5.33. The van der Waals surface area contributed by atoms with Crippen molar-refractivity contribution in [2.45, 2.75) is 20.4 Å². The predicted octanol–water partition coefficient (Wildman–Crippen LogP) is 1.82. The van der Waals surface area contributed by atoms with Gasteiger partial charge in [0, 0.05) is 12.6 Å². The first-order valence-electron chi connectivity index (χ1n) is 5.10. The van der Waals surface area contributed by atoms with Crippen molar-refractivity contribution in [3.63, 3.8) is 0 Å². The topological polar surface area (TPSA) is 55.6 Å². The third-order valence-electron chi connectivity index (χ3n) is 2.48. The Kier molecular flexibility index (Phi) is 3.77. The van der Waals surface area contributed by atoms with Crippen molar-refractivity contribution in [2.24, 2.45) is 5.73 Å². The number of ether oxygens (including phenoxy) is 1. The van der Waals surface area contributed by atoms with E-state index in [0.29, 0.717) is 6.54 Å². The fourth-order valence-corrected chi connectivity index (χ4v) is 1.79. The largest absolute Gasteiger partial charge is 0.496 e. The molecule has 0 aliphatic rings. The molecule has 0 saturated carbocycles. The van der Waals surface area contributed by atoms with Gasteiger partial charge in [0.15, 0.2) is 0 Å². The van der Waals surface area contributed by atoms with Crippen LogP contribution in [0, 0.1) is 13.8 Å². The molecule has 0 saturated heterocycles. The number of carbonyl (C=O) groups excluding carboxylic acids is 1. The number of aryl methyl sites for hydroxylation is 2. The zero-order valence-corrected chi connectivity index (χ0v) is 10.2. The third kappa shape index (κ3) is 2.66. The van der Waals surface area contributed by atoms with Crippen LogP contribution in [0.4, 0.5) is 4.79 Å². The predicted molar refractivity (Wildman–Crippen MR) is 63.5 cm³/mol. The number of methoxy groups -OCH3 is 1. The normalized spacial score (nSPS) is 10.0. The molecule has 0 fully saturated rings. The van der Waals surface area contributed by atoms with Gasteiger partial charge < -0.3 is 15.4 Å². The van der Waals surface area contributed by atoms with Gasteiger partial charge >= 0.3 is 6.03 Å². The highest BCUT2D eigenvalue weighted by Gasteiger charge is 2.11. The van der Waals surface area contributed by atoms with E-state index in [4.69, 9.17) is 10.5 Å². The molecule has 4 heteroatoms. The Hall–Kier alpha value is -1.71. The molecule has 2 amide bonds. The minimum atomic E-state index is -0.443. The second-order valence-electron chi connectivity index (χ2n) is 3.97. The maximum absolute atomic E-state index is 11.0. The third-order valence-corrected chi connectivity index (χ3v) is 2.48.